The van der Waals surface area contributed by atoms with E-state index in [4.69, 9.17) is 10.7 Å². The average Bonchev–Trinajstić information content (AvgIpc) is 3.00. The Morgan fingerprint density at radius 1 is 0.739 bits per heavy atom. The van der Waals surface area contributed by atoms with Gasteiger partial charge in [0.25, 0.3) is 5.56 Å². The lowest BCUT2D eigenvalue weighted by atomic mass is 9.77. The first kappa shape index (κ1) is 31.5. The number of aryl methyl sites for hydroxylation is 1. The molecule has 0 radical (unpaired) electrons. The minimum Gasteiger partial charge on any atom is -0.345 e. The van der Waals surface area contributed by atoms with Crippen molar-refractivity contribution in [3.05, 3.63) is 136 Å². The van der Waals surface area contributed by atoms with Crippen LogP contribution in [-0.2, 0) is 0 Å². The van der Waals surface area contributed by atoms with Crippen molar-refractivity contribution in [1.82, 2.24) is 9.55 Å². The fourth-order valence-electron chi connectivity index (χ4n) is 6.45. The second-order valence-electron chi connectivity index (χ2n) is 12.5. The number of anilines is 2. The monoisotopic (exact) mass is 624 g/mol. The molecule has 2 N–H and O–H groups in total. The molecular formula is C38H39F3N4O. The van der Waals surface area contributed by atoms with Gasteiger partial charge in [-0.15, -0.1) is 0 Å². The third-order valence-electron chi connectivity index (χ3n) is 9.66. The first-order valence-corrected chi connectivity index (χ1v) is 16.0. The van der Waals surface area contributed by atoms with Gasteiger partial charge in [0, 0.05) is 24.5 Å². The number of rotatable bonds is 7. The molecule has 2 atom stereocenters. The molecule has 2 fully saturated rings. The van der Waals surface area contributed by atoms with Gasteiger partial charge in [0.2, 0.25) is 0 Å². The molecule has 2 saturated carbocycles. The maximum Gasteiger partial charge on any atom is 0.262 e. The van der Waals surface area contributed by atoms with Crippen LogP contribution in [0, 0.1) is 36.2 Å². The summed E-state index contributed by atoms with van der Waals surface area (Å²) in [5, 5.41) is 0.526. The lowest BCUT2D eigenvalue weighted by molar-refractivity contribution is 0.231. The molecule has 0 amide bonds. The predicted molar refractivity (Wildman–Crippen MR) is 178 cm³/mol. The first-order chi connectivity index (χ1) is 22.2. The van der Waals surface area contributed by atoms with Crippen LogP contribution in [0.2, 0.25) is 0 Å². The summed E-state index contributed by atoms with van der Waals surface area (Å²) in [4.78, 5) is 20.5. The average molecular weight is 625 g/mol. The van der Waals surface area contributed by atoms with E-state index in [0.29, 0.717) is 28.6 Å². The maximum atomic E-state index is 13.8. The topological polar surface area (TPSA) is 64.2 Å². The van der Waals surface area contributed by atoms with E-state index < -0.39 is 0 Å². The largest absolute Gasteiger partial charge is 0.345 e. The molecule has 2 unspecified atom stereocenters. The molecule has 46 heavy (non-hydrogen) atoms. The molecule has 8 heteroatoms. The summed E-state index contributed by atoms with van der Waals surface area (Å²) in [6.45, 7) is 1.86. The first-order valence-electron chi connectivity index (χ1n) is 16.0. The van der Waals surface area contributed by atoms with Gasteiger partial charge in [0.15, 0.2) is 0 Å². The molecule has 7 rings (SSSR count). The van der Waals surface area contributed by atoms with Gasteiger partial charge in [-0.05, 0) is 122 Å². The minimum absolute atomic E-state index is 0.104. The molecule has 238 valence electrons. The van der Waals surface area contributed by atoms with Crippen LogP contribution in [0.4, 0.5) is 24.5 Å². The third-order valence-corrected chi connectivity index (χ3v) is 9.66. The third kappa shape index (κ3) is 6.58. The van der Waals surface area contributed by atoms with Gasteiger partial charge in [-0.2, -0.15) is 0 Å². The normalized spacial score (nSPS) is 16.1. The fraction of sp³-hybridized carbons (Fsp3) is 0.316. The fourth-order valence-corrected chi connectivity index (χ4v) is 6.45. The number of fused-ring (bicyclic) bond motifs is 1. The number of nitrogens with two attached hydrogens (primary N) is 1. The zero-order valence-corrected chi connectivity index (χ0v) is 26.2. The molecule has 5 nitrogen and oxygen atoms in total. The molecule has 0 aliphatic heterocycles. The van der Waals surface area contributed by atoms with Gasteiger partial charge in [-0.1, -0.05) is 37.1 Å². The number of halogens is 3. The molecule has 2 aliphatic rings. The lowest BCUT2D eigenvalue weighted by Crippen LogP contribution is -2.35. The van der Waals surface area contributed by atoms with Crippen LogP contribution in [0.5, 0.6) is 0 Å². The minimum atomic E-state index is -0.295. The molecule has 5 aromatic rings. The maximum absolute atomic E-state index is 13.8. The number of hydrogen-bond acceptors (Lipinski definition) is 4. The highest BCUT2D eigenvalue weighted by molar-refractivity contribution is 5.83. The van der Waals surface area contributed by atoms with Crippen molar-refractivity contribution >= 4 is 22.3 Å². The lowest BCUT2D eigenvalue weighted by Gasteiger charge is -2.36. The van der Waals surface area contributed by atoms with Crippen molar-refractivity contribution < 1.29 is 13.2 Å². The standard InChI is InChI=1S/C27H25F2N3O.C11H14FN/c1-17-30-25-15-14-23(31(2)22-12-10-21(29)11-13-22)16-24(25)27(33)32(17)26(18-4-3-5-18)19-6-8-20(28)9-7-19;12-10-6-4-9(5-7-10)11(13)8-2-1-3-8/h6-16,18,26H,3-5H2,1-2H3;4-8,11H,1-3,13H2. The van der Waals surface area contributed by atoms with Crippen molar-refractivity contribution in [3.63, 3.8) is 0 Å². The molecule has 1 heterocycles. The van der Waals surface area contributed by atoms with E-state index in [1.54, 1.807) is 41.0 Å². The van der Waals surface area contributed by atoms with E-state index >= 15 is 0 Å². The molecule has 2 aliphatic carbocycles. The van der Waals surface area contributed by atoms with Crippen LogP contribution >= 0.6 is 0 Å². The van der Waals surface area contributed by atoms with Crippen LogP contribution < -0.4 is 16.2 Å². The van der Waals surface area contributed by atoms with Crippen LogP contribution in [-0.4, -0.2) is 16.6 Å². The van der Waals surface area contributed by atoms with Gasteiger partial charge in [-0.3, -0.25) is 9.36 Å². The second-order valence-corrected chi connectivity index (χ2v) is 12.5. The molecule has 0 bridgehead atoms. The van der Waals surface area contributed by atoms with Crippen LogP contribution in [0.3, 0.4) is 0 Å². The highest BCUT2D eigenvalue weighted by atomic mass is 19.1. The summed E-state index contributed by atoms with van der Waals surface area (Å²) in [7, 11) is 1.88. The number of aromatic nitrogens is 2. The van der Waals surface area contributed by atoms with E-state index in [0.717, 1.165) is 41.8 Å². The second kappa shape index (κ2) is 13.5. The molecule has 0 saturated heterocycles. The van der Waals surface area contributed by atoms with E-state index in [9.17, 15) is 18.0 Å². The zero-order valence-electron chi connectivity index (χ0n) is 26.2. The van der Waals surface area contributed by atoms with Gasteiger partial charge < -0.3 is 10.6 Å². The summed E-state index contributed by atoms with van der Waals surface area (Å²) >= 11 is 0. The Hall–Kier alpha value is -4.43. The quantitative estimate of drug-likeness (QED) is 0.197. The Labute approximate surface area is 267 Å². The molecule has 0 spiro atoms. The summed E-state index contributed by atoms with van der Waals surface area (Å²) in [5.74, 6) is 0.802. The summed E-state index contributed by atoms with van der Waals surface area (Å²) in [6.07, 6.45) is 6.92. The van der Waals surface area contributed by atoms with Gasteiger partial charge in [0.1, 0.15) is 23.3 Å². The Balaban J connectivity index is 0.000000238. The Kier molecular flexibility index (Phi) is 9.27. The van der Waals surface area contributed by atoms with Crippen LogP contribution in [0.1, 0.15) is 67.6 Å². The smallest absolute Gasteiger partial charge is 0.262 e. The SMILES string of the molecule is Cc1nc2ccc(N(C)c3ccc(F)cc3)cc2c(=O)n1C(c1ccc(F)cc1)C1CCC1.NC(c1ccc(F)cc1)C1CCC1. The number of nitrogens with zero attached hydrogens (tertiary/aromatic N) is 3. The van der Waals surface area contributed by atoms with Crippen molar-refractivity contribution in [2.24, 2.45) is 17.6 Å². The van der Waals surface area contributed by atoms with Crippen LogP contribution in [0.15, 0.2) is 95.8 Å². The number of hydrogen-bond donors (Lipinski definition) is 1. The van der Waals surface area contributed by atoms with Crippen molar-refractivity contribution in [1.29, 1.82) is 0 Å². The van der Waals surface area contributed by atoms with Crippen molar-refractivity contribution in [2.75, 3.05) is 11.9 Å². The van der Waals surface area contributed by atoms with E-state index in [2.05, 4.69) is 0 Å². The van der Waals surface area contributed by atoms with E-state index in [-0.39, 0.29) is 35.1 Å². The van der Waals surface area contributed by atoms with Gasteiger partial charge in [-0.25, -0.2) is 18.2 Å². The van der Waals surface area contributed by atoms with E-state index in [1.807, 2.05) is 37.1 Å². The molecule has 1 aromatic heterocycles. The Morgan fingerprint density at radius 3 is 1.76 bits per heavy atom. The van der Waals surface area contributed by atoms with E-state index in [1.165, 1.54) is 55.7 Å². The highest BCUT2D eigenvalue weighted by Gasteiger charge is 2.32. The van der Waals surface area contributed by atoms with Crippen molar-refractivity contribution in [2.45, 2.75) is 57.5 Å². The summed E-state index contributed by atoms with van der Waals surface area (Å²) < 4.78 is 41.3. The molecule has 4 aromatic carbocycles. The predicted octanol–water partition coefficient (Wildman–Crippen LogP) is 8.77. The summed E-state index contributed by atoms with van der Waals surface area (Å²) in [5.41, 5.74) is 10.2. The Morgan fingerprint density at radius 2 is 1.24 bits per heavy atom. The van der Waals surface area contributed by atoms with Crippen molar-refractivity contribution in [3.8, 4) is 0 Å². The summed E-state index contributed by atoms with van der Waals surface area (Å²) in [6, 6.07) is 24.7. The number of benzene rings is 4. The Bertz CT molecular complexity index is 1850. The van der Waals surface area contributed by atoms with Gasteiger partial charge in [0.05, 0.1) is 16.9 Å². The zero-order chi connectivity index (χ0) is 32.4. The van der Waals surface area contributed by atoms with Gasteiger partial charge >= 0.3 is 0 Å². The highest BCUT2D eigenvalue weighted by Crippen LogP contribution is 2.40. The van der Waals surface area contributed by atoms with Crippen LogP contribution in [0.25, 0.3) is 10.9 Å². The molecular weight excluding hydrogens is 585 g/mol.